The minimum absolute atomic E-state index is 0.477. The first-order valence-corrected chi connectivity index (χ1v) is 6.93. The summed E-state index contributed by atoms with van der Waals surface area (Å²) in [4.78, 5) is 0. The average Bonchev–Trinajstić information content (AvgIpc) is 2.55. The molecule has 0 fully saturated rings. The van der Waals surface area contributed by atoms with Crippen LogP contribution in [0.25, 0.3) is 0 Å². The van der Waals surface area contributed by atoms with E-state index in [0.29, 0.717) is 13.0 Å². The van der Waals surface area contributed by atoms with E-state index in [4.69, 9.17) is 9.47 Å². The largest absolute Gasteiger partial charge is 0.497 e. The minimum Gasteiger partial charge on any atom is -0.497 e. The Morgan fingerprint density at radius 3 is 2.48 bits per heavy atom. The fourth-order valence-corrected chi connectivity index (χ4v) is 2.14. The molecule has 4 nitrogen and oxygen atoms in total. The van der Waals surface area contributed by atoms with Gasteiger partial charge in [-0.1, -0.05) is 30.3 Å². The molecule has 112 valence electrons. The lowest BCUT2D eigenvalue weighted by atomic mass is 10.1. The van der Waals surface area contributed by atoms with Crippen LogP contribution in [0.3, 0.4) is 0 Å². The maximum Gasteiger partial charge on any atom is 0.142 e. The van der Waals surface area contributed by atoms with Crippen molar-refractivity contribution in [1.82, 2.24) is 0 Å². The number of nitrogens with one attached hydrogen (secondary N) is 1. The standard InChI is InChI=1S/C17H21NO3/c1-20-14-8-9-17(21-2)15(12-14)18-11-10-16(19)13-6-4-3-5-7-13/h3-9,12,16,18-19H,10-11H2,1-2H3/t16-/m1/s1. The minimum atomic E-state index is -0.477. The van der Waals surface area contributed by atoms with Crippen LogP contribution in [-0.2, 0) is 0 Å². The maximum atomic E-state index is 10.1. The van der Waals surface area contributed by atoms with E-state index in [0.717, 1.165) is 22.7 Å². The SMILES string of the molecule is COc1ccc(OC)c(NCC[C@@H](O)c2ccccc2)c1. The van der Waals surface area contributed by atoms with Gasteiger partial charge in [-0.05, 0) is 24.1 Å². The normalized spacial score (nSPS) is 11.8. The summed E-state index contributed by atoms with van der Waals surface area (Å²) in [5.74, 6) is 1.52. The third-order valence-electron chi connectivity index (χ3n) is 3.32. The van der Waals surface area contributed by atoms with Crippen LogP contribution >= 0.6 is 0 Å². The van der Waals surface area contributed by atoms with Crippen molar-refractivity contribution >= 4 is 5.69 Å². The molecule has 0 bridgehead atoms. The Morgan fingerprint density at radius 1 is 1.05 bits per heavy atom. The average molecular weight is 287 g/mol. The van der Waals surface area contributed by atoms with Gasteiger partial charge in [0, 0.05) is 12.6 Å². The molecule has 2 N–H and O–H groups in total. The van der Waals surface area contributed by atoms with Crippen molar-refractivity contribution < 1.29 is 14.6 Å². The number of methoxy groups -OCH3 is 2. The van der Waals surface area contributed by atoms with Gasteiger partial charge in [-0.25, -0.2) is 0 Å². The van der Waals surface area contributed by atoms with Gasteiger partial charge >= 0.3 is 0 Å². The molecule has 0 amide bonds. The third kappa shape index (κ3) is 4.13. The lowest BCUT2D eigenvalue weighted by Gasteiger charge is -2.15. The Labute approximate surface area is 125 Å². The summed E-state index contributed by atoms with van der Waals surface area (Å²) in [6.07, 6.45) is 0.139. The fourth-order valence-electron chi connectivity index (χ4n) is 2.14. The second-order valence-electron chi connectivity index (χ2n) is 4.71. The van der Waals surface area contributed by atoms with E-state index in [1.54, 1.807) is 14.2 Å². The monoisotopic (exact) mass is 287 g/mol. The number of benzene rings is 2. The molecule has 0 spiro atoms. The molecule has 0 heterocycles. The van der Waals surface area contributed by atoms with E-state index >= 15 is 0 Å². The number of rotatable bonds is 7. The second-order valence-corrected chi connectivity index (χ2v) is 4.71. The molecule has 0 saturated heterocycles. The summed E-state index contributed by atoms with van der Waals surface area (Å²) >= 11 is 0. The Morgan fingerprint density at radius 2 is 1.81 bits per heavy atom. The van der Waals surface area contributed by atoms with Crippen LogP contribution in [0, 0.1) is 0 Å². The predicted molar refractivity (Wildman–Crippen MR) is 84.1 cm³/mol. The lowest BCUT2D eigenvalue weighted by Crippen LogP contribution is -2.08. The van der Waals surface area contributed by atoms with Crippen molar-refractivity contribution in [1.29, 1.82) is 0 Å². The summed E-state index contributed by atoms with van der Waals surface area (Å²) in [5, 5.41) is 13.4. The molecular formula is C17H21NO3. The Kier molecular flexibility index (Phi) is 5.46. The van der Waals surface area contributed by atoms with E-state index < -0.39 is 6.10 Å². The summed E-state index contributed by atoms with van der Waals surface area (Å²) in [7, 11) is 3.26. The Bertz CT molecular complexity index is 557. The zero-order valence-corrected chi connectivity index (χ0v) is 12.4. The van der Waals surface area contributed by atoms with Crippen LogP contribution in [0.2, 0.25) is 0 Å². The van der Waals surface area contributed by atoms with Crippen LogP contribution in [-0.4, -0.2) is 25.9 Å². The number of hydrogen-bond donors (Lipinski definition) is 2. The molecule has 0 unspecified atom stereocenters. The highest BCUT2D eigenvalue weighted by atomic mass is 16.5. The van der Waals surface area contributed by atoms with E-state index in [2.05, 4.69) is 5.32 Å². The van der Waals surface area contributed by atoms with Crippen LogP contribution in [0.15, 0.2) is 48.5 Å². The highest BCUT2D eigenvalue weighted by Crippen LogP contribution is 2.29. The van der Waals surface area contributed by atoms with E-state index in [1.807, 2.05) is 48.5 Å². The summed E-state index contributed by atoms with van der Waals surface area (Å²) in [6, 6.07) is 15.2. The van der Waals surface area contributed by atoms with Crippen molar-refractivity contribution in [3.05, 3.63) is 54.1 Å². The van der Waals surface area contributed by atoms with Crippen LogP contribution in [0.5, 0.6) is 11.5 Å². The molecule has 0 aromatic heterocycles. The molecule has 2 aromatic carbocycles. The number of ether oxygens (including phenoxy) is 2. The van der Waals surface area contributed by atoms with E-state index in [1.165, 1.54) is 0 Å². The highest BCUT2D eigenvalue weighted by Gasteiger charge is 2.08. The van der Waals surface area contributed by atoms with Gasteiger partial charge in [-0.15, -0.1) is 0 Å². The van der Waals surface area contributed by atoms with Crippen molar-refractivity contribution in [3.8, 4) is 11.5 Å². The molecule has 1 atom stereocenters. The summed E-state index contributed by atoms with van der Waals surface area (Å²) < 4.78 is 10.5. The van der Waals surface area contributed by atoms with Gasteiger partial charge < -0.3 is 19.9 Å². The van der Waals surface area contributed by atoms with Gasteiger partial charge in [0.25, 0.3) is 0 Å². The molecule has 0 aliphatic rings. The van der Waals surface area contributed by atoms with Gasteiger partial charge in [0.05, 0.1) is 26.0 Å². The van der Waals surface area contributed by atoms with Gasteiger partial charge in [0.1, 0.15) is 11.5 Å². The maximum absolute atomic E-state index is 10.1. The quantitative estimate of drug-likeness (QED) is 0.821. The summed E-state index contributed by atoms with van der Waals surface area (Å²) in [6.45, 7) is 0.638. The van der Waals surface area contributed by atoms with Gasteiger partial charge in [0.2, 0.25) is 0 Å². The number of aliphatic hydroxyl groups excluding tert-OH is 1. The molecule has 0 saturated carbocycles. The molecule has 0 aliphatic heterocycles. The van der Waals surface area contributed by atoms with Crippen molar-refractivity contribution in [2.24, 2.45) is 0 Å². The first kappa shape index (κ1) is 15.2. The number of aliphatic hydroxyl groups is 1. The lowest BCUT2D eigenvalue weighted by molar-refractivity contribution is 0.171. The molecule has 2 aromatic rings. The Hall–Kier alpha value is -2.20. The topological polar surface area (TPSA) is 50.7 Å². The molecule has 4 heteroatoms. The van der Waals surface area contributed by atoms with Crippen LogP contribution in [0.1, 0.15) is 18.1 Å². The molecule has 21 heavy (non-hydrogen) atoms. The Balaban J connectivity index is 1.94. The van der Waals surface area contributed by atoms with Crippen LogP contribution < -0.4 is 14.8 Å². The fraction of sp³-hybridized carbons (Fsp3) is 0.294. The van der Waals surface area contributed by atoms with E-state index in [9.17, 15) is 5.11 Å². The zero-order valence-electron chi connectivity index (χ0n) is 12.4. The first-order chi connectivity index (χ1) is 10.2. The highest BCUT2D eigenvalue weighted by molar-refractivity contribution is 5.59. The number of hydrogen-bond acceptors (Lipinski definition) is 4. The van der Waals surface area contributed by atoms with Gasteiger partial charge in [-0.3, -0.25) is 0 Å². The predicted octanol–water partition coefficient (Wildman–Crippen LogP) is 3.24. The van der Waals surface area contributed by atoms with Crippen molar-refractivity contribution in [2.45, 2.75) is 12.5 Å². The van der Waals surface area contributed by atoms with Crippen molar-refractivity contribution in [2.75, 3.05) is 26.1 Å². The molecule has 0 radical (unpaired) electrons. The number of anilines is 1. The van der Waals surface area contributed by atoms with Crippen molar-refractivity contribution in [3.63, 3.8) is 0 Å². The molecule has 0 aliphatic carbocycles. The molecule has 2 rings (SSSR count). The zero-order chi connectivity index (χ0) is 15.1. The van der Waals surface area contributed by atoms with E-state index in [-0.39, 0.29) is 0 Å². The first-order valence-electron chi connectivity index (χ1n) is 6.93. The van der Waals surface area contributed by atoms with Crippen LogP contribution in [0.4, 0.5) is 5.69 Å². The smallest absolute Gasteiger partial charge is 0.142 e. The second kappa shape index (κ2) is 7.55. The van der Waals surface area contributed by atoms with Gasteiger partial charge in [-0.2, -0.15) is 0 Å². The summed E-state index contributed by atoms with van der Waals surface area (Å²) in [5.41, 5.74) is 1.79. The third-order valence-corrected chi connectivity index (χ3v) is 3.32. The molecular weight excluding hydrogens is 266 g/mol. The van der Waals surface area contributed by atoms with Gasteiger partial charge in [0.15, 0.2) is 0 Å².